The van der Waals surface area contributed by atoms with Crippen molar-refractivity contribution in [3.63, 3.8) is 0 Å². The molecule has 1 aliphatic carbocycles. The summed E-state index contributed by atoms with van der Waals surface area (Å²) in [5, 5.41) is 0. The van der Waals surface area contributed by atoms with E-state index in [4.69, 9.17) is 0 Å². The quantitative estimate of drug-likeness (QED) is 0.442. The predicted molar refractivity (Wildman–Crippen MR) is 116 cm³/mol. The van der Waals surface area contributed by atoms with Crippen LogP contribution in [0.4, 0.5) is 0 Å². The molecule has 0 amide bonds. The molecule has 0 bridgehead atoms. The molecule has 1 aromatic carbocycles. The van der Waals surface area contributed by atoms with Gasteiger partial charge in [-0.25, -0.2) is 0 Å². The molecule has 0 N–H and O–H groups in total. The molecule has 1 aromatic heterocycles. The fraction of sp³-hybridized carbons (Fsp3) is 0.542. The van der Waals surface area contributed by atoms with Gasteiger partial charge in [0, 0.05) is 0 Å². The molecule has 140 valence electrons. The van der Waals surface area contributed by atoms with Crippen molar-refractivity contribution in [2.24, 2.45) is 7.05 Å². The zero-order chi connectivity index (χ0) is 19.1. The fourth-order valence-corrected chi connectivity index (χ4v) is 8.08. The van der Waals surface area contributed by atoms with Gasteiger partial charge in [-0.15, -0.1) is 0 Å². The Morgan fingerprint density at radius 1 is 1.04 bits per heavy atom. The first-order valence-corrected chi connectivity index (χ1v) is 17.7. The van der Waals surface area contributed by atoms with E-state index in [1.54, 1.807) is 9.96 Å². The van der Waals surface area contributed by atoms with Crippen molar-refractivity contribution in [2.45, 2.75) is 75.6 Å². The zero-order valence-electron chi connectivity index (χ0n) is 17.8. The number of pyridine rings is 1. The summed E-state index contributed by atoms with van der Waals surface area (Å²) >= 11 is -1.90. The van der Waals surface area contributed by atoms with Gasteiger partial charge >= 0.3 is 163 Å². The minimum atomic E-state index is -1.90. The molecule has 1 heterocycles. The number of rotatable bonds is 4. The Kier molecular flexibility index (Phi) is 5.67. The Bertz CT molecular complexity index is 793. The van der Waals surface area contributed by atoms with Gasteiger partial charge in [0.1, 0.15) is 0 Å². The van der Waals surface area contributed by atoms with Crippen LogP contribution in [0.2, 0.25) is 17.3 Å². The standard InChI is InChI=1S/C24H36GeN/c1-17(2)20-12-13-21(18(3)14-20)24-15-22(19-10-8-9-11-19)23(16-26(24)7)25(4,5)6/h12-17,19H,8-11H2,1-7H3/q+1. The molecular weight excluding hydrogens is 375 g/mol. The van der Waals surface area contributed by atoms with E-state index in [0.717, 1.165) is 5.92 Å². The summed E-state index contributed by atoms with van der Waals surface area (Å²) in [6.45, 7) is 6.82. The van der Waals surface area contributed by atoms with E-state index in [2.05, 4.69) is 80.1 Å². The summed E-state index contributed by atoms with van der Waals surface area (Å²) in [7, 11) is 2.24. The SMILES string of the molecule is Cc1cc(C(C)C)ccc1-c1cc(C2CCCC2)[c]([Ge]([CH3])([CH3])[CH3])c[n+]1C. The van der Waals surface area contributed by atoms with Crippen molar-refractivity contribution < 1.29 is 4.57 Å². The average Bonchev–Trinajstić information content (AvgIpc) is 3.08. The van der Waals surface area contributed by atoms with Gasteiger partial charge in [-0.05, 0) is 0 Å². The molecule has 0 aliphatic heterocycles. The van der Waals surface area contributed by atoms with Crippen LogP contribution in [0.15, 0.2) is 30.5 Å². The molecule has 0 atom stereocenters. The van der Waals surface area contributed by atoms with Crippen molar-refractivity contribution in [1.29, 1.82) is 0 Å². The summed E-state index contributed by atoms with van der Waals surface area (Å²) in [4.78, 5) is 0. The second-order valence-corrected chi connectivity index (χ2v) is 20.2. The van der Waals surface area contributed by atoms with Gasteiger partial charge in [0.05, 0.1) is 0 Å². The number of aromatic nitrogens is 1. The third-order valence-corrected chi connectivity index (χ3v) is 10.4. The van der Waals surface area contributed by atoms with E-state index in [0.29, 0.717) is 5.92 Å². The maximum atomic E-state index is 2.55. The number of nitrogens with zero attached hydrogens (tertiary/aromatic N) is 1. The number of benzene rings is 1. The maximum absolute atomic E-state index is 2.55. The number of hydrogen-bond donors (Lipinski definition) is 0. The molecule has 0 radical (unpaired) electrons. The summed E-state index contributed by atoms with van der Waals surface area (Å²) in [6, 6.07) is 9.60. The van der Waals surface area contributed by atoms with E-state index in [1.165, 1.54) is 48.1 Å². The molecule has 26 heavy (non-hydrogen) atoms. The first-order valence-electron chi connectivity index (χ1n) is 10.3. The van der Waals surface area contributed by atoms with Crippen molar-refractivity contribution in [3.05, 3.63) is 47.2 Å². The van der Waals surface area contributed by atoms with Crippen LogP contribution in [0.5, 0.6) is 0 Å². The first kappa shape index (κ1) is 19.7. The second kappa shape index (κ2) is 7.50. The summed E-state index contributed by atoms with van der Waals surface area (Å²) in [5.41, 5.74) is 7.29. The molecule has 1 saturated carbocycles. The summed E-state index contributed by atoms with van der Waals surface area (Å²) < 4.78 is 4.10. The van der Waals surface area contributed by atoms with Crippen LogP contribution < -0.4 is 8.96 Å². The average molecular weight is 411 g/mol. The second-order valence-electron chi connectivity index (χ2n) is 9.60. The molecule has 1 nitrogen and oxygen atoms in total. The summed E-state index contributed by atoms with van der Waals surface area (Å²) in [5.74, 6) is 8.98. The number of hydrogen-bond acceptors (Lipinski definition) is 0. The summed E-state index contributed by atoms with van der Waals surface area (Å²) in [6.07, 6.45) is 8.05. The molecule has 2 heteroatoms. The Morgan fingerprint density at radius 2 is 1.69 bits per heavy atom. The first-order chi connectivity index (χ1) is 12.2. The van der Waals surface area contributed by atoms with Gasteiger partial charge in [-0.2, -0.15) is 0 Å². The zero-order valence-corrected chi connectivity index (χ0v) is 19.9. The molecule has 0 unspecified atom stereocenters. The van der Waals surface area contributed by atoms with Crippen LogP contribution in [-0.2, 0) is 7.05 Å². The van der Waals surface area contributed by atoms with E-state index < -0.39 is 13.3 Å². The molecule has 2 aromatic rings. The molecule has 0 saturated heterocycles. The molecular formula is C24H36GeN+. The van der Waals surface area contributed by atoms with Crippen molar-refractivity contribution >= 4 is 17.7 Å². The Hall–Kier alpha value is -1.09. The number of aryl methyl sites for hydroxylation is 2. The Labute approximate surface area is 163 Å². The fourth-order valence-electron chi connectivity index (χ4n) is 4.47. The van der Waals surface area contributed by atoms with Crippen LogP contribution in [-0.4, -0.2) is 13.3 Å². The van der Waals surface area contributed by atoms with Crippen LogP contribution in [0.3, 0.4) is 0 Å². The molecule has 3 rings (SSSR count). The van der Waals surface area contributed by atoms with Crippen LogP contribution in [0, 0.1) is 6.92 Å². The van der Waals surface area contributed by atoms with Crippen molar-refractivity contribution in [3.8, 4) is 11.3 Å². The molecule has 1 fully saturated rings. The third-order valence-electron chi connectivity index (χ3n) is 6.10. The van der Waals surface area contributed by atoms with Crippen molar-refractivity contribution in [1.82, 2.24) is 0 Å². The third kappa shape index (κ3) is 3.93. The topological polar surface area (TPSA) is 3.88 Å². The van der Waals surface area contributed by atoms with Gasteiger partial charge in [0.2, 0.25) is 0 Å². The minimum absolute atomic E-state index is 0.585. The van der Waals surface area contributed by atoms with Gasteiger partial charge in [-0.1, -0.05) is 0 Å². The van der Waals surface area contributed by atoms with E-state index in [1.807, 2.05) is 0 Å². The van der Waals surface area contributed by atoms with Crippen molar-refractivity contribution in [2.75, 3.05) is 0 Å². The van der Waals surface area contributed by atoms with E-state index in [-0.39, 0.29) is 0 Å². The van der Waals surface area contributed by atoms with Gasteiger partial charge in [0.25, 0.3) is 0 Å². The van der Waals surface area contributed by atoms with Gasteiger partial charge < -0.3 is 0 Å². The van der Waals surface area contributed by atoms with Crippen LogP contribution in [0.25, 0.3) is 11.3 Å². The van der Waals surface area contributed by atoms with Crippen LogP contribution in [0.1, 0.15) is 68.1 Å². The normalized spacial score (nSPS) is 15.8. The molecule has 0 spiro atoms. The Balaban J connectivity index is 2.15. The van der Waals surface area contributed by atoms with E-state index in [9.17, 15) is 0 Å². The predicted octanol–water partition coefficient (Wildman–Crippen LogP) is 5.81. The Morgan fingerprint density at radius 3 is 2.23 bits per heavy atom. The monoisotopic (exact) mass is 412 g/mol. The van der Waals surface area contributed by atoms with Gasteiger partial charge in [0.15, 0.2) is 0 Å². The molecule has 1 aliphatic rings. The van der Waals surface area contributed by atoms with Gasteiger partial charge in [-0.3, -0.25) is 0 Å². The van der Waals surface area contributed by atoms with Crippen LogP contribution >= 0.6 is 0 Å². The van der Waals surface area contributed by atoms with E-state index >= 15 is 0 Å².